The Morgan fingerprint density at radius 2 is 1.68 bits per heavy atom. The minimum Gasteiger partial charge on any atom is -0.398 e. The Balaban J connectivity index is 2.29. The van der Waals surface area contributed by atoms with E-state index < -0.39 is 10.0 Å². The van der Waals surface area contributed by atoms with E-state index in [2.05, 4.69) is 0 Å². The number of halogens is 1. The number of hydrogen-bond donors (Lipinski definition) is 2. The summed E-state index contributed by atoms with van der Waals surface area (Å²) in [5, 5.41) is 5.01. The summed E-state index contributed by atoms with van der Waals surface area (Å²) in [4.78, 5) is 1.45. The third-order valence-electron chi connectivity index (χ3n) is 2.35. The van der Waals surface area contributed by atoms with E-state index in [1.807, 2.05) is 0 Å². The molecular formula is C12H11FN2O2S2. The van der Waals surface area contributed by atoms with Gasteiger partial charge in [-0.2, -0.15) is 0 Å². The van der Waals surface area contributed by atoms with Gasteiger partial charge in [0.25, 0.3) is 0 Å². The normalized spacial score (nSPS) is 11.5. The van der Waals surface area contributed by atoms with Crippen molar-refractivity contribution < 1.29 is 12.8 Å². The average molecular weight is 298 g/mol. The van der Waals surface area contributed by atoms with E-state index in [0.717, 1.165) is 4.90 Å². The largest absolute Gasteiger partial charge is 0.398 e. The molecule has 7 heteroatoms. The highest BCUT2D eigenvalue weighted by Crippen LogP contribution is 2.33. The van der Waals surface area contributed by atoms with Crippen molar-refractivity contribution >= 4 is 27.5 Å². The first-order valence-electron chi connectivity index (χ1n) is 5.22. The van der Waals surface area contributed by atoms with Crippen LogP contribution in [0.3, 0.4) is 0 Å². The smallest absolute Gasteiger partial charge is 0.238 e. The molecule has 0 aliphatic rings. The van der Waals surface area contributed by atoms with E-state index in [0.29, 0.717) is 10.6 Å². The van der Waals surface area contributed by atoms with Crippen molar-refractivity contribution in [3.63, 3.8) is 0 Å². The second-order valence-corrected chi connectivity index (χ2v) is 6.48. The number of rotatable bonds is 3. The molecule has 0 aromatic heterocycles. The highest BCUT2D eigenvalue weighted by atomic mass is 32.2. The Morgan fingerprint density at radius 1 is 1.05 bits per heavy atom. The first kappa shape index (κ1) is 13.9. The predicted octanol–water partition coefficient (Wildman–Crippen LogP) is 2.21. The van der Waals surface area contributed by atoms with Crippen LogP contribution >= 0.6 is 11.8 Å². The SMILES string of the molecule is Nc1cc(S(N)(=O)=O)ccc1Sc1ccc(F)cc1. The lowest BCUT2D eigenvalue weighted by Gasteiger charge is -2.07. The van der Waals surface area contributed by atoms with E-state index in [1.54, 1.807) is 18.2 Å². The Morgan fingerprint density at radius 3 is 2.21 bits per heavy atom. The molecule has 0 radical (unpaired) electrons. The first-order valence-corrected chi connectivity index (χ1v) is 7.58. The highest BCUT2D eigenvalue weighted by molar-refractivity contribution is 7.99. The number of hydrogen-bond acceptors (Lipinski definition) is 4. The molecule has 0 fully saturated rings. The van der Waals surface area contributed by atoms with Crippen LogP contribution in [0.2, 0.25) is 0 Å². The zero-order valence-corrected chi connectivity index (χ0v) is 11.3. The lowest BCUT2D eigenvalue weighted by atomic mass is 10.3. The van der Waals surface area contributed by atoms with Gasteiger partial charge in [0.1, 0.15) is 5.82 Å². The number of primary sulfonamides is 1. The molecule has 4 N–H and O–H groups in total. The van der Waals surface area contributed by atoms with Gasteiger partial charge < -0.3 is 5.73 Å². The molecule has 4 nitrogen and oxygen atoms in total. The molecule has 0 bridgehead atoms. The lowest BCUT2D eigenvalue weighted by Crippen LogP contribution is -2.12. The Hall–Kier alpha value is -1.57. The van der Waals surface area contributed by atoms with Gasteiger partial charge in [0.15, 0.2) is 0 Å². The van der Waals surface area contributed by atoms with Gasteiger partial charge in [-0.15, -0.1) is 0 Å². The topological polar surface area (TPSA) is 86.2 Å². The van der Waals surface area contributed by atoms with Crippen LogP contribution in [0.4, 0.5) is 10.1 Å². The van der Waals surface area contributed by atoms with Crippen molar-refractivity contribution in [3.05, 3.63) is 48.3 Å². The van der Waals surface area contributed by atoms with Gasteiger partial charge in [-0.1, -0.05) is 11.8 Å². The monoisotopic (exact) mass is 298 g/mol. The summed E-state index contributed by atoms with van der Waals surface area (Å²) < 4.78 is 35.1. The second-order valence-electron chi connectivity index (χ2n) is 3.80. The molecule has 0 spiro atoms. The molecule has 2 aromatic carbocycles. The molecule has 0 atom stereocenters. The van der Waals surface area contributed by atoms with Crippen LogP contribution in [-0.2, 0) is 10.0 Å². The van der Waals surface area contributed by atoms with Crippen molar-refractivity contribution in [2.24, 2.45) is 5.14 Å². The van der Waals surface area contributed by atoms with Gasteiger partial charge in [0, 0.05) is 15.5 Å². The van der Waals surface area contributed by atoms with Gasteiger partial charge in [0.2, 0.25) is 10.0 Å². The first-order chi connectivity index (χ1) is 8.86. The number of benzene rings is 2. The molecule has 100 valence electrons. The molecule has 2 aromatic rings. The molecule has 0 unspecified atom stereocenters. The van der Waals surface area contributed by atoms with E-state index in [-0.39, 0.29) is 10.7 Å². The number of nitrogens with two attached hydrogens (primary N) is 2. The zero-order chi connectivity index (χ0) is 14.0. The standard InChI is InChI=1S/C12H11FN2O2S2/c13-8-1-3-9(4-2-8)18-12-6-5-10(7-11(12)14)19(15,16)17/h1-7H,14H2,(H2,15,16,17). The summed E-state index contributed by atoms with van der Waals surface area (Å²) >= 11 is 1.31. The zero-order valence-electron chi connectivity index (χ0n) is 9.71. The number of sulfonamides is 1. The summed E-state index contributed by atoms with van der Waals surface area (Å²) in [6.07, 6.45) is 0. The molecule has 0 amide bonds. The Labute approximate surface area is 114 Å². The van der Waals surface area contributed by atoms with Crippen LogP contribution in [-0.4, -0.2) is 8.42 Å². The maximum absolute atomic E-state index is 12.8. The van der Waals surface area contributed by atoms with Crippen LogP contribution < -0.4 is 10.9 Å². The Bertz CT molecular complexity index is 700. The Kier molecular flexibility index (Phi) is 3.79. The van der Waals surface area contributed by atoms with Crippen molar-refractivity contribution in [1.29, 1.82) is 0 Å². The van der Waals surface area contributed by atoms with Crippen LogP contribution in [0, 0.1) is 5.82 Å². The minimum atomic E-state index is -3.76. The minimum absolute atomic E-state index is 0.0338. The van der Waals surface area contributed by atoms with Gasteiger partial charge in [0.05, 0.1) is 4.90 Å². The van der Waals surface area contributed by atoms with Gasteiger partial charge in [-0.3, -0.25) is 0 Å². The van der Waals surface area contributed by atoms with Crippen molar-refractivity contribution in [2.75, 3.05) is 5.73 Å². The van der Waals surface area contributed by atoms with E-state index >= 15 is 0 Å². The van der Waals surface area contributed by atoms with Crippen LogP contribution in [0.15, 0.2) is 57.2 Å². The molecule has 0 aliphatic carbocycles. The van der Waals surface area contributed by atoms with Crippen LogP contribution in [0.25, 0.3) is 0 Å². The summed E-state index contributed by atoms with van der Waals surface area (Å²) in [5.41, 5.74) is 6.09. The van der Waals surface area contributed by atoms with E-state index in [1.165, 1.54) is 36.0 Å². The molecule has 2 rings (SSSR count). The van der Waals surface area contributed by atoms with Crippen LogP contribution in [0.1, 0.15) is 0 Å². The lowest BCUT2D eigenvalue weighted by molar-refractivity contribution is 0.597. The quantitative estimate of drug-likeness (QED) is 0.851. The predicted molar refractivity (Wildman–Crippen MR) is 72.8 cm³/mol. The molecule has 0 saturated heterocycles. The molecular weight excluding hydrogens is 287 g/mol. The van der Waals surface area contributed by atoms with Crippen LogP contribution in [0.5, 0.6) is 0 Å². The van der Waals surface area contributed by atoms with E-state index in [9.17, 15) is 12.8 Å². The number of nitrogen functional groups attached to an aromatic ring is 1. The summed E-state index contributed by atoms with van der Waals surface area (Å²) in [7, 11) is -3.76. The third-order valence-corrected chi connectivity index (χ3v) is 4.36. The van der Waals surface area contributed by atoms with Gasteiger partial charge in [-0.25, -0.2) is 17.9 Å². The average Bonchev–Trinajstić information content (AvgIpc) is 2.33. The third kappa shape index (κ3) is 3.46. The van der Waals surface area contributed by atoms with Gasteiger partial charge >= 0.3 is 0 Å². The maximum Gasteiger partial charge on any atom is 0.238 e. The van der Waals surface area contributed by atoms with Gasteiger partial charge in [-0.05, 0) is 42.5 Å². The highest BCUT2D eigenvalue weighted by Gasteiger charge is 2.10. The molecule has 0 aliphatic heterocycles. The molecule has 0 heterocycles. The van der Waals surface area contributed by atoms with Crippen molar-refractivity contribution in [1.82, 2.24) is 0 Å². The number of anilines is 1. The molecule has 0 saturated carbocycles. The second kappa shape index (κ2) is 5.20. The maximum atomic E-state index is 12.8. The summed E-state index contributed by atoms with van der Waals surface area (Å²) in [6, 6.07) is 10.2. The van der Waals surface area contributed by atoms with E-state index in [4.69, 9.17) is 10.9 Å². The van der Waals surface area contributed by atoms with Crippen molar-refractivity contribution in [3.8, 4) is 0 Å². The molecule has 19 heavy (non-hydrogen) atoms. The summed E-state index contributed by atoms with van der Waals surface area (Å²) in [6.45, 7) is 0. The fourth-order valence-corrected chi connectivity index (χ4v) is 2.81. The summed E-state index contributed by atoms with van der Waals surface area (Å²) in [5.74, 6) is -0.318. The fourth-order valence-electron chi connectivity index (χ4n) is 1.43. The van der Waals surface area contributed by atoms with Crippen molar-refractivity contribution in [2.45, 2.75) is 14.7 Å². The fraction of sp³-hybridized carbons (Fsp3) is 0.